The maximum Gasteiger partial charge on any atom is 0.0122 e. The first-order valence-corrected chi connectivity index (χ1v) is 4.45. The molecule has 0 aromatic rings. The van der Waals surface area contributed by atoms with Gasteiger partial charge in [0.05, 0.1) is 0 Å². The molecule has 1 fully saturated rings. The fourth-order valence-corrected chi connectivity index (χ4v) is 1.96. The summed E-state index contributed by atoms with van der Waals surface area (Å²) >= 11 is 0. The maximum atomic E-state index is 6.95. The molecule has 0 aromatic heterocycles. The minimum absolute atomic E-state index is 0.733. The fraction of sp³-hybridized carbons (Fsp3) is 0.889. The van der Waals surface area contributed by atoms with Crippen molar-refractivity contribution in [2.45, 2.75) is 32.2 Å². The van der Waals surface area contributed by atoms with Gasteiger partial charge in [-0.3, -0.25) is 0 Å². The first-order chi connectivity index (χ1) is 5.25. The van der Waals surface area contributed by atoms with Crippen LogP contribution in [0.25, 0.3) is 0 Å². The van der Waals surface area contributed by atoms with Crippen LogP contribution in [0.5, 0.6) is 0 Å². The average Bonchev–Trinajstić information content (AvgIpc) is 2.29. The van der Waals surface area contributed by atoms with Crippen LogP contribution in [-0.2, 0) is 0 Å². The van der Waals surface area contributed by atoms with E-state index in [4.69, 9.17) is 5.41 Å². The third-order valence-corrected chi connectivity index (χ3v) is 2.77. The Morgan fingerprint density at radius 1 is 1.64 bits per heavy atom. The molecule has 1 N–H and O–H groups in total. The molecule has 0 amide bonds. The molecule has 1 heterocycles. The van der Waals surface area contributed by atoms with Crippen molar-refractivity contribution in [3.8, 4) is 0 Å². The summed E-state index contributed by atoms with van der Waals surface area (Å²) in [6.07, 6.45) is 4.97. The van der Waals surface area contributed by atoms with Crippen molar-refractivity contribution in [3.05, 3.63) is 0 Å². The van der Waals surface area contributed by atoms with Gasteiger partial charge < -0.3 is 10.3 Å². The zero-order valence-corrected chi connectivity index (χ0v) is 7.51. The SMILES string of the molecule is CC1CCN(C)C1CCC=N. The van der Waals surface area contributed by atoms with Crippen LogP contribution in [0.15, 0.2) is 0 Å². The molecule has 1 rings (SSSR count). The van der Waals surface area contributed by atoms with Crippen molar-refractivity contribution < 1.29 is 0 Å². The van der Waals surface area contributed by atoms with E-state index in [0.717, 1.165) is 18.4 Å². The van der Waals surface area contributed by atoms with E-state index in [1.54, 1.807) is 0 Å². The highest BCUT2D eigenvalue weighted by molar-refractivity contribution is 5.52. The Morgan fingerprint density at radius 2 is 2.36 bits per heavy atom. The summed E-state index contributed by atoms with van der Waals surface area (Å²) in [5, 5.41) is 6.95. The Hall–Kier alpha value is -0.370. The molecule has 0 radical (unpaired) electrons. The van der Waals surface area contributed by atoms with Crippen molar-refractivity contribution in [2.75, 3.05) is 13.6 Å². The largest absolute Gasteiger partial charge is 0.313 e. The highest BCUT2D eigenvalue weighted by Crippen LogP contribution is 2.24. The quantitative estimate of drug-likeness (QED) is 0.616. The van der Waals surface area contributed by atoms with Crippen molar-refractivity contribution in [1.29, 1.82) is 5.41 Å². The zero-order valence-electron chi connectivity index (χ0n) is 7.51. The van der Waals surface area contributed by atoms with Crippen LogP contribution >= 0.6 is 0 Å². The molecule has 0 saturated carbocycles. The molecule has 2 atom stereocenters. The predicted octanol–water partition coefficient (Wildman–Crippen LogP) is 1.76. The number of hydrogen-bond donors (Lipinski definition) is 1. The molecule has 2 heteroatoms. The van der Waals surface area contributed by atoms with Crippen LogP contribution in [0.1, 0.15) is 26.2 Å². The van der Waals surface area contributed by atoms with Crippen LogP contribution in [0.3, 0.4) is 0 Å². The molecule has 11 heavy (non-hydrogen) atoms. The van der Waals surface area contributed by atoms with Crippen LogP contribution < -0.4 is 0 Å². The second kappa shape index (κ2) is 3.86. The third kappa shape index (κ3) is 2.03. The molecule has 0 spiro atoms. The second-order valence-electron chi connectivity index (χ2n) is 3.60. The Labute approximate surface area is 69.1 Å². The summed E-state index contributed by atoms with van der Waals surface area (Å²) in [4.78, 5) is 2.42. The predicted molar refractivity (Wildman–Crippen MR) is 48.2 cm³/mol. The summed E-state index contributed by atoms with van der Waals surface area (Å²) < 4.78 is 0. The van der Waals surface area contributed by atoms with E-state index >= 15 is 0 Å². The molecule has 0 aromatic carbocycles. The summed E-state index contributed by atoms with van der Waals surface area (Å²) in [6.45, 7) is 3.56. The van der Waals surface area contributed by atoms with E-state index in [9.17, 15) is 0 Å². The van der Waals surface area contributed by atoms with Gasteiger partial charge in [0, 0.05) is 6.04 Å². The lowest BCUT2D eigenvalue weighted by Gasteiger charge is -2.21. The molecule has 0 aliphatic carbocycles. The first-order valence-electron chi connectivity index (χ1n) is 4.45. The zero-order chi connectivity index (χ0) is 8.27. The van der Waals surface area contributed by atoms with Crippen molar-refractivity contribution in [3.63, 3.8) is 0 Å². The Bertz CT molecular complexity index is 124. The van der Waals surface area contributed by atoms with Crippen molar-refractivity contribution in [2.24, 2.45) is 5.92 Å². The molecule has 0 bridgehead atoms. The van der Waals surface area contributed by atoms with E-state index < -0.39 is 0 Å². The van der Waals surface area contributed by atoms with Gasteiger partial charge in [-0.2, -0.15) is 0 Å². The minimum Gasteiger partial charge on any atom is -0.313 e. The molecule has 1 aliphatic heterocycles. The molecule has 2 nitrogen and oxygen atoms in total. The van der Waals surface area contributed by atoms with E-state index in [-0.39, 0.29) is 0 Å². The smallest absolute Gasteiger partial charge is 0.0122 e. The van der Waals surface area contributed by atoms with Gasteiger partial charge in [-0.25, -0.2) is 0 Å². The molecular weight excluding hydrogens is 136 g/mol. The molecular formula is C9H18N2. The molecule has 64 valence electrons. The van der Waals surface area contributed by atoms with Crippen LogP contribution in [0, 0.1) is 11.3 Å². The Morgan fingerprint density at radius 3 is 2.82 bits per heavy atom. The average molecular weight is 154 g/mol. The van der Waals surface area contributed by atoms with Crippen molar-refractivity contribution >= 4 is 6.21 Å². The number of rotatable bonds is 3. The third-order valence-electron chi connectivity index (χ3n) is 2.77. The molecule has 1 saturated heterocycles. The molecule has 1 aliphatic rings. The van der Waals surface area contributed by atoms with E-state index in [0.29, 0.717) is 0 Å². The highest BCUT2D eigenvalue weighted by atomic mass is 15.1. The summed E-state index contributed by atoms with van der Waals surface area (Å²) in [7, 11) is 2.19. The van der Waals surface area contributed by atoms with Gasteiger partial charge in [0.2, 0.25) is 0 Å². The fourth-order valence-electron chi connectivity index (χ4n) is 1.96. The van der Waals surface area contributed by atoms with E-state index in [1.165, 1.54) is 25.6 Å². The summed E-state index contributed by atoms with van der Waals surface area (Å²) in [5.41, 5.74) is 0. The summed E-state index contributed by atoms with van der Waals surface area (Å²) in [6, 6.07) is 0.733. The van der Waals surface area contributed by atoms with E-state index in [2.05, 4.69) is 18.9 Å². The summed E-state index contributed by atoms with van der Waals surface area (Å²) in [5.74, 6) is 0.833. The van der Waals surface area contributed by atoms with Gasteiger partial charge in [-0.1, -0.05) is 6.92 Å². The van der Waals surface area contributed by atoms with Crippen LogP contribution in [0.2, 0.25) is 0 Å². The molecule has 2 unspecified atom stereocenters. The number of nitrogens with one attached hydrogen (secondary N) is 1. The lowest BCUT2D eigenvalue weighted by molar-refractivity contribution is 0.268. The van der Waals surface area contributed by atoms with Crippen molar-refractivity contribution in [1.82, 2.24) is 4.90 Å². The lowest BCUT2D eigenvalue weighted by Crippen LogP contribution is -2.28. The lowest BCUT2D eigenvalue weighted by atomic mass is 9.99. The monoisotopic (exact) mass is 154 g/mol. The number of nitrogens with zero attached hydrogens (tertiary/aromatic N) is 1. The standard InChI is InChI=1S/C9H18N2/c1-8-5-7-11(2)9(8)4-3-6-10/h6,8-10H,3-5,7H2,1-2H3. The minimum atomic E-state index is 0.733. The maximum absolute atomic E-state index is 6.95. The second-order valence-corrected chi connectivity index (χ2v) is 3.60. The Balaban J connectivity index is 2.34. The van der Waals surface area contributed by atoms with Crippen LogP contribution in [0.4, 0.5) is 0 Å². The van der Waals surface area contributed by atoms with Gasteiger partial charge in [-0.05, 0) is 45.0 Å². The van der Waals surface area contributed by atoms with Crippen LogP contribution in [-0.4, -0.2) is 30.7 Å². The van der Waals surface area contributed by atoms with Gasteiger partial charge >= 0.3 is 0 Å². The van der Waals surface area contributed by atoms with E-state index in [1.807, 2.05) is 0 Å². The van der Waals surface area contributed by atoms with Gasteiger partial charge in [0.15, 0.2) is 0 Å². The van der Waals surface area contributed by atoms with Gasteiger partial charge in [0.25, 0.3) is 0 Å². The van der Waals surface area contributed by atoms with Gasteiger partial charge in [0.1, 0.15) is 0 Å². The first kappa shape index (κ1) is 8.72. The highest BCUT2D eigenvalue weighted by Gasteiger charge is 2.26. The van der Waals surface area contributed by atoms with Gasteiger partial charge in [-0.15, -0.1) is 0 Å². The Kier molecular flexibility index (Phi) is 3.06. The normalized spacial score (nSPS) is 32.5. The number of hydrogen-bond acceptors (Lipinski definition) is 2. The topological polar surface area (TPSA) is 27.1 Å². The number of likely N-dealkylation sites (tertiary alicyclic amines) is 1.